The van der Waals surface area contributed by atoms with Gasteiger partial charge in [-0.05, 0) is 25.9 Å². The predicted molar refractivity (Wildman–Crippen MR) is 55.7 cm³/mol. The van der Waals surface area contributed by atoms with E-state index < -0.39 is 5.97 Å². The highest BCUT2D eigenvalue weighted by Crippen LogP contribution is 2.29. The van der Waals surface area contributed by atoms with Crippen molar-refractivity contribution in [2.45, 2.75) is 19.8 Å². The number of hydrogen-bond donors (Lipinski definition) is 1. The molecule has 2 aliphatic heterocycles. The van der Waals surface area contributed by atoms with Crippen LogP contribution < -0.4 is 0 Å². The summed E-state index contributed by atoms with van der Waals surface area (Å²) in [5.41, 5.74) is 0.316. The third-order valence-electron chi connectivity index (χ3n) is 3.44. The van der Waals surface area contributed by atoms with Gasteiger partial charge in [0.25, 0.3) is 0 Å². The topological polar surface area (TPSA) is 49.8 Å². The molecular weight excluding hydrogens is 194 g/mol. The number of piperidine rings is 1. The Hall–Kier alpha value is -0.610. The zero-order valence-corrected chi connectivity index (χ0v) is 9.24. The molecular formula is C11H19NO3. The second kappa shape index (κ2) is 4.10. The van der Waals surface area contributed by atoms with Crippen molar-refractivity contribution in [1.29, 1.82) is 0 Å². The first kappa shape index (κ1) is 10.9. The van der Waals surface area contributed by atoms with Crippen molar-refractivity contribution in [3.05, 3.63) is 0 Å². The van der Waals surface area contributed by atoms with Crippen molar-refractivity contribution in [3.8, 4) is 0 Å². The molecule has 0 aromatic rings. The first-order valence-electron chi connectivity index (χ1n) is 5.62. The number of ether oxygens (including phenoxy) is 1. The van der Waals surface area contributed by atoms with Gasteiger partial charge in [0.05, 0.1) is 19.1 Å². The molecule has 2 rings (SSSR count). The molecule has 0 aromatic heterocycles. The lowest BCUT2D eigenvalue weighted by Crippen LogP contribution is -2.50. The lowest BCUT2D eigenvalue weighted by molar-refractivity contribution is -0.144. The number of hydrogen-bond acceptors (Lipinski definition) is 3. The summed E-state index contributed by atoms with van der Waals surface area (Å²) < 4.78 is 5.22. The third-order valence-corrected chi connectivity index (χ3v) is 3.44. The van der Waals surface area contributed by atoms with Crippen LogP contribution in [-0.4, -0.2) is 48.8 Å². The molecule has 0 radical (unpaired) electrons. The van der Waals surface area contributed by atoms with E-state index in [0.717, 1.165) is 45.7 Å². The molecule has 4 nitrogen and oxygen atoms in total. The molecule has 2 heterocycles. The fourth-order valence-corrected chi connectivity index (χ4v) is 2.42. The Bertz CT molecular complexity index is 242. The van der Waals surface area contributed by atoms with Gasteiger partial charge >= 0.3 is 5.97 Å². The summed E-state index contributed by atoms with van der Waals surface area (Å²) in [6.45, 7) is 6.84. The molecule has 86 valence electrons. The zero-order chi connectivity index (χ0) is 10.9. The minimum atomic E-state index is -0.632. The summed E-state index contributed by atoms with van der Waals surface area (Å²) in [4.78, 5) is 13.2. The minimum Gasteiger partial charge on any atom is -0.481 e. The number of carbonyl (C=O) groups is 1. The van der Waals surface area contributed by atoms with Gasteiger partial charge in [-0.1, -0.05) is 6.92 Å². The molecule has 15 heavy (non-hydrogen) atoms. The summed E-state index contributed by atoms with van der Waals surface area (Å²) in [5, 5.41) is 8.88. The summed E-state index contributed by atoms with van der Waals surface area (Å²) in [7, 11) is 0. The van der Waals surface area contributed by atoms with Gasteiger partial charge < -0.3 is 14.7 Å². The average Bonchev–Trinajstić information content (AvgIpc) is 2.16. The third kappa shape index (κ3) is 2.49. The SMILES string of the molecule is CC1(CN2CCC(C(=O)O)CC2)COC1. The van der Waals surface area contributed by atoms with Gasteiger partial charge in [-0.3, -0.25) is 4.79 Å². The molecule has 2 saturated heterocycles. The van der Waals surface area contributed by atoms with Gasteiger partial charge in [-0.25, -0.2) is 0 Å². The van der Waals surface area contributed by atoms with Crippen LogP contribution in [0.15, 0.2) is 0 Å². The number of aliphatic carboxylic acids is 1. The van der Waals surface area contributed by atoms with Gasteiger partial charge in [0.1, 0.15) is 0 Å². The Kier molecular flexibility index (Phi) is 2.98. The Morgan fingerprint density at radius 1 is 1.47 bits per heavy atom. The molecule has 0 unspecified atom stereocenters. The first-order chi connectivity index (χ1) is 7.09. The molecule has 0 saturated carbocycles. The van der Waals surface area contributed by atoms with Crippen LogP contribution in [0.4, 0.5) is 0 Å². The van der Waals surface area contributed by atoms with Crippen molar-refractivity contribution in [3.63, 3.8) is 0 Å². The van der Waals surface area contributed by atoms with Gasteiger partial charge in [-0.15, -0.1) is 0 Å². The van der Waals surface area contributed by atoms with Crippen LogP contribution >= 0.6 is 0 Å². The maximum Gasteiger partial charge on any atom is 0.306 e. The highest BCUT2D eigenvalue weighted by Gasteiger charge is 2.36. The molecule has 2 aliphatic rings. The molecule has 4 heteroatoms. The van der Waals surface area contributed by atoms with E-state index in [1.165, 1.54) is 0 Å². The van der Waals surface area contributed by atoms with E-state index in [-0.39, 0.29) is 5.92 Å². The molecule has 1 N–H and O–H groups in total. The van der Waals surface area contributed by atoms with Crippen LogP contribution in [-0.2, 0) is 9.53 Å². The van der Waals surface area contributed by atoms with Crippen LogP contribution in [0, 0.1) is 11.3 Å². The van der Waals surface area contributed by atoms with Crippen LogP contribution in [0.2, 0.25) is 0 Å². The number of nitrogens with zero attached hydrogens (tertiary/aromatic N) is 1. The Morgan fingerprint density at radius 3 is 2.47 bits per heavy atom. The van der Waals surface area contributed by atoms with Crippen molar-refractivity contribution in [1.82, 2.24) is 4.90 Å². The maximum atomic E-state index is 10.8. The van der Waals surface area contributed by atoms with Crippen molar-refractivity contribution >= 4 is 5.97 Å². The fraction of sp³-hybridized carbons (Fsp3) is 0.909. The summed E-state index contributed by atoms with van der Waals surface area (Å²) >= 11 is 0. The second-order valence-corrected chi connectivity index (χ2v) is 5.19. The second-order valence-electron chi connectivity index (χ2n) is 5.19. The molecule has 0 atom stereocenters. The van der Waals surface area contributed by atoms with Crippen LogP contribution in [0.1, 0.15) is 19.8 Å². The van der Waals surface area contributed by atoms with E-state index in [4.69, 9.17) is 9.84 Å². The number of carboxylic acids is 1. The van der Waals surface area contributed by atoms with Gasteiger partial charge in [0.2, 0.25) is 0 Å². The van der Waals surface area contributed by atoms with E-state index >= 15 is 0 Å². The monoisotopic (exact) mass is 213 g/mol. The van der Waals surface area contributed by atoms with E-state index in [1.54, 1.807) is 0 Å². The predicted octanol–water partition coefficient (Wildman–Crippen LogP) is 0.819. The molecule has 0 aromatic carbocycles. The van der Waals surface area contributed by atoms with Crippen LogP contribution in [0.5, 0.6) is 0 Å². The number of rotatable bonds is 3. The first-order valence-corrected chi connectivity index (χ1v) is 5.62. The standard InChI is InChI=1S/C11H19NO3/c1-11(7-15-8-11)6-12-4-2-9(3-5-12)10(13)14/h9H,2-8H2,1H3,(H,13,14). The molecule has 0 spiro atoms. The van der Waals surface area contributed by atoms with Crippen LogP contribution in [0.3, 0.4) is 0 Å². The quantitative estimate of drug-likeness (QED) is 0.754. The lowest BCUT2D eigenvalue weighted by Gasteiger charge is -2.43. The smallest absolute Gasteiger partial charge is 0.306 e. The minimum absolute atomic E-state index is 0.119. The summed E-state index contributed by atoms with van der Waals surface area (Å²) in [5.74, 6) is -0.750. The van der Waals surface area contributed by atoms with E-state index in [2.05, 4.69) is 11.8 Å². The van der Waals surface area contributed by atoms with Crippen molar-refractivity contribution in [2.75, 3.05) is 32.8 Å². The Morgan fingerprint density at radius 2 is 2.07 bits per heavy atom. The van der Waals surface area contributed by atoms with Gasteiger partial charge in [0, 0.05) is 12.0 Å². The van der Waals surface area contributed by atoms with E-state index in [0.29, 0.717) is 5.41 Å². The number of likely N-dealkylation sites (tertiary alicyclic amines) is 1. The Balaban J connectivity index is 1.76. The normalized spacial score (nSPS) is 27.3. The summed E-state index contributed by atoms with van der Waals surface area (Å²) in [6, 6.07) is 0. The number of carboxylic acid groups (broad SMARTS) is 1. The largest absolute Gasteiger partial charge is 0.481 e. The zero-order valence-electron chi connectivity index (χ0n) is 9.24. The lowest BCUT2D eigenvalue weighted by atomic mass is 9.86. The Labute approximate surface area is 90.2 Å². The highest BCUT2D eigenvalue weighted by atomic mass is 16.5. The van der Waals surface area contributed by atoms with Crippen molar-refractivity contribution < 1.29 is 14.6 Å². The maximum absolute atomic E-state index is 10.8. The fourth-order valence-electron chi connectivity index (χ4n) is 2.42. The summed E-state index contributed by atoms with van der Waals surface area (Å²) in [6.07, 6.45) is 1.60. The van der Waals surface area contributed by atoms with E-state index in [9.17, 15) is 4.79 Å². The van der Waals surface area contributed by atoms with Crippen LogP contribution in [0.25, 0.3) is 0 Å². The highest BCUT2D eigenvalue weighted by molar-refractivity contribution is 5.70. The van der Waals surface area contributed by atoms with E-state index in [1.807, 2.05) is 0 Å². The van der Waals surface area contributed by atoms with Crippen molar-refractivity contribution in [2.24, 2.45) is 11.3 Å². The molecule has 0 aliphatic carbocycles. The molecule has 0 amide bonds. The molecule has 2 fully saturated rings. The van der Waals surface area contributed by atoms with Gasteiger partial charge in [0.15, 0.2) is 0 Å². The molecule has 0 bridgehead atoms. The average molecular weight is 213 g/mol. The van der Waals surface area contributed by atoms with Gasteiger partial charge in [-0.2, -0.15) is 0 Å².